The minimum absolute atomic E-state index is 0.284. The Morgan fingerprint density at radius 3 is 2.85 bits per heavy atom. The molecular weight excluding hydrogens is 261 g/mol. The van der Waals surface area contributed by atoms with Gasteiger partial charge in [-0.2, -0.15) is 5.21 Å². The summed E-state index contributed by atoms with van der Waals surface area (Å²) in [6, 6.07) is 3.88. The second-order valence-corrected chi connectivity index (χ2v) is 4.60. The molecule has 1 amide bonds. The Hall–Kier alpha value is -2.31. The average Bonchev–Trinajstić information content (AvgIpc) is 2.90. The Labute approximate surface area is 115 Å². The topological polar surface area (TPSA) is 83.6 Å². The van der Waals surface area contributed by atoms with Crippen molar-refractivity contribution in [3.05, 3.63) is 41.0 Å². The van der Waals surface area contributed by atoms with Crippen molar-refractivity contribution in [3.8, 4) is 0 Å². The highest BCUT2D eigenvalue weighted by Gasteiger charge is 2.19. The van der Waals surface area contributed by atoms with Gasteiger partial charge < -0.3 is 5.32 Å². The average molecular weight is 277 g/mol. The molecule has 0 saturated carbocycles. The van der Waals surface area contributed by atoms with E-state index >= 15 is 0 Å². The van der Waals surface area contributed by atoms with Gasteiger partial charge in [0.05, 0.1) is 6.04 Å². The minimum Gasteiger partial charge on any atom is -0.342 e. The van der Waals surface area contributed by atoms with Crippen molar-refractivity contribution in [3.63, 3.8) is 0 Å². The van der Waals surface area contributed by atoms with Gasteiger partial charge in [-0.1, -0.05) is 18.6 Å². The first-order chi connectivity index (χ1) is 9.60. The number of aryl methyl sites for hydroxylation is 1. The van der Waals surface area contributed by atoms with Gasteiger partial charge in [0, 0.05) is 5.56 Å². The first-order valence-corrected chi connectivity index (χ1v) is 6.41. The number of amides is 1. The fourth-order valence-electron chi connectivity index (χ4n) is 1.98. The molecular formula is C13H16FN5O. The summed E-state index contributed by atoms with van der Waals surface area (Å²) in [5.74, 6) is -0.356. The molecule has 6 nitrogen and oxygen atoms in total. The van der Waals surface area contributed by atoms with Crippen LogP contribution in [-0.2, 0) is 0 Å². The van der Waals surface area contributed by atoms with E-state index in [9.17, 15) is 9.18 Å². The molecule has 1 unspecified atom stereocenters. The van der Waals surface area contributed by atoms with Gasteiger partial charge in [0.2, 0.25) is 0 Å². The van der Waals surface area contributed by atoms with Crippen LogP contribution in [0.1, 0.15) is 47.6 Å². The molecule has 1 aromatic carbocycles. The fourth-order valence-corrected chi connectivity index (χ4v) is 1.98. The van der Waals surface area contributed by atoms with Crippen LogP contribution in [-0.4, -0.2) is 26.5 Å². The number of carbonyl (C=O) groups excluding carboxylic acids is 1. The van der Waals surface area contributed by atoms with Gasteiger partial charge in [-0.25, -0.2) is 4.39 Å². The molecule has 20 heavy (non-hydrogen) atoms. The van der Waals surface area contributed by atoms with Crippen LogP contribution in [0.3, 0.4) is 0 Å². The standard InChI is InChI=1S/C13H16FN5O/c1-3-4-11(12-16-18-19-17-12)15-13(20)9-5-8(2)6-10(14)7-9/h5-7,11H,3-4H2,1-2H3,(H,15,20)(H,16,17,18,19). The third-order valence-electron chi connectivity index (χ3n) is 2.86. The van der Waals surface area contributed by atoms with E-state index in [2.05, 4.69) is 25.9 Å². The van der Waals surface area contributed by atoms with Crippen LogP contribution in [0.4, 0.5) is 4.39 Å². The van der Waals surface area contributed by atoms with Crippen molar-refractivity contribution >= 4 is 5.91 Å². The number of hydrogen-bond acceptors (Lipinski definition) is 4. The van der Waals surface area contributed by atoms with Crippen LogP contribution < -0.4 is 5.32 Å². The third kappa shape index (κ3) is 3.37. The number of hydrogen-bond donors (Lipinski definition) is 2. The number of halogens is 1. The maximum absolute atomic E-state index is 13.3. The molecule has 0 saturated heterocycles. The summed E-state index contributed by atoms with van der Waals surface area (Å²) in [6.07, 6.45) is 1.53. The summed E-state index contributed by atoms with van der Waals surface area (Å²) in [5, 5.41) is 16.4. The normalized spacial score (nSPS) is 12.2. The first kappa shape index (κ1) is 14.1. The Kier molecular flexibility index (Phi) is 4.39. The van der Waals surface area contributed by atoms with Crippen LogP contribution in [0.2, 0.25) is 0 Å². The van der Waals surface area contributed by atoms with E-state index in [4.69, 9.17) is 0 Å². The lowest BCUT2D eigenvalue weighted by Gasteiger charge is -2.14. The van der Waals surface area contributed by atoms with Crippen molar-refractivity contribution in [1.82, 2.24) is 25.9 Å². The van der Waals surface area contributed by atoms with E-state index in [1.54, 1.807) is 13.0 Å². The Morgan fingerprint density at radius 1 is 1.45 bits per heavy atom. The second-order valence-electron chi connectivity index (χ2n) is 4.60. The lowest BCUT2D eigenvalue weighted by atomic mass is 10.1. The van der Waals surface area contributed by atoms with Gasteiger partial charge >= 0.3 is 0 Å². The van der Waals surface area contributed by atoms with Gasteiger partial charge in [0.15, 0.2) is 5.82 Å². The zero-order valence-corrected chi connectivity index (χ0v) is 11.4. The number of H-pyrrole nitrogens is 1. The molecule has 0 aliphatic heterocycles. The van der Waals surface area contributed by atoms with Gasteiger partial charge in [-0.3, -0.25) is 4.79 Å². The van der Waals surface area contributed by atoms with Crippen molar-refractivity contribution in [2.24, 2.45) is 0 Å². The van der Waals surface area contributed by atoms with Crippen molar-refractivity contribution in [1.29, 1.82) is 0 Å². The highest BCUT2D eigenvalue weighted by atomic mass is 19.1. The second kappa shape index (κ2) is 6.23. The van der Waals surface area contributed by atoms with Gasteiger partial charge in [0.1, 0.15) is 5.82 Å². The predicted molar refractivity (Wildman–Crippen MR) is 70.4 cm³/mol. The summed E-state index contributed by atoms with van der Waals surface area (Å²) in [7, 11) is 0. The smallest absolute Gasteiger partial charge is 0.251 e. The molecule has 1 heterocycles. The SMILES string of the molecule is CCCC(NC(=O)c1cc(C)cc(F)c1)c1nn[nH]n1. The van der Waals surface area contributed by atoms with E-state index in [1.807, 2.05) is 6.92 Å². The van der Waals surface area contributed by atoms with Crippen molar-refractivity contribution in [2.75, 3.05) is 0 Å². The Balaban J connectivity index is 2.16. The number of benzene rings is 1. The molecule has 0 bridgehead atoms. The molecule has 2 rings (SSSR count). The van der Waals surface area contributed by atoms with Crippen molar-refractivity contribution in [2.45, 2.75) is 32.7 Å². The Morgan fingerprint density at radius 2 is 2.25 bits per heavy atom. The molecule has 2 aromatic rings. The quantitative estimate of drug-likeness (QED) is 0.874. The van der Waals surface area contributed by atoms with Crippen LogP contribution in [0.5, 0.6) is 0 Å². The van der Waals surface area contributed by atoms with Gasteiger partial charge in [0.25, 0.3) is 5.91 Å². The maximum atomic E-state index is 13.3. The highest BCUT2D eigenvalue weighted by Crippen LogP contribution is 2.15. The highest BCUT2D eigenvalue weighted by molar-refractivity contribution is 5.94. The molecule has 7 heteroatoms. The molecule has 1 atom stereocenters. The fraction of sp³-hybridized carbons (Fsp3) is 0.385. The van der Waals surface area contributed by atoms with Crippen LogP contribution in [0, 0.1) is 12.7 Å². The van der Waals surface area contributed by atoms with Crippen LogP contribution in [0.25, 0.3) is 0 Å². The lowest BCUT2D eigenvalue weighted by molar-refractivity contribution is 0.0932. The van der Waals surface area contributed by atoms with Gasteiger partial charge in [-0.05, 0) is 37.1 Å². The number of tetrazole rings is 1. The summed E-state index contributed by atoms with van der Waals surface area (Å²) in [4.78, 5) is 12.2. The van der Waals surface area contributed by atoms with E-state index in [0.717, 1.165) is 6.42 Å². The van der Waals surface area contributed by atoms with Crippen LogP contribution >= 0.6 is 0 Å². The minimum atomic E-state index is -0.429. The lowest BCUT2D eigenvalue weighted by Crippen LogP contribution is -2.29. The van der Waals surface area contributed by atoms with E-state index < -0.39 is 5.82 Å². The van der Waals surface area contributed by atoms with Crippen LogP contribution in [0.15, 0.2) is 18.2 Å². The summed E-state index contributed by atoms with van der Waals surface area (Å²) in [6.45, 7) is 3.73. The van der Waals surface area contributed by atoms with Gasteiger partial charge in [-0.15, -0.1) is 10.2 Å². The Bertz CT molecular complexity index is 564. The monoisotopic (exact) mass is 277 g/mol. The van der Waals surface area contributed by atoms with E-state index in [-0.39, 0.29) is 17.5 Å². The maximum Gasteiger partial charge on any atom is 0.251 e. The molecule has 106 valence electrons. The van der Waals surface area contributed by atoms with E-state index in [0.29, 0.717) is 17.8 Å². The zero-order valence-electron chi connectivity index (χ0n) is 11.4. The molecule has 0 spiro atoms. The third-order valence-corrected chi connectivity index (χ3v) is 2.86. The largest absolute Gasteiger partial charge is 0.342 e. The van der Waals surface area contributed by atoms with E-state index in [1.165, 1.54) is 12.1 Å². The molecule has 2 N–H and O–H groups in total. The molecule has 1 aromatic heterocycles. The molecule has 0 aliphatic rings. The zero-order chi connectivity index (χ0) is 14.5. The number of nitrogens with one attached hydrogen (secondary N) is 2. The predicted octanol–water partition coefficient (Wildman–Crippen LogP) is 1.92. The number of aromatic nitrogens is 4. The number of nitrogens with zero attached hydrogens (tertiary/aromatic N) is 3. The summed E-state index contributed by atoms with van der Waals surface area (Å²) >= 11 is 0. The molecule has 0 fully saturated rings. The summed E-state index contributed by atoms with van der Waals surface area (Å²) in [5.41, 5.74) is 0.980. The summed E-state index contributed by atoms with van der Waals surface area (Å²) < 4.78 is 13.3. The first-order valence-electron chi connectivity index (χ1n) is 6.41. The number of carbonyl (C=O) groups is 1. The number of rotatable bonds is 5. The number of aromatic amines is 1. The van der Waals surface area contributed by atoms with Crippen molar-refractivity contribution < 1.29 is 9.18 Å². The molecule has 0 radical (unpaired) electrons. The molecule has 0 aliphatic carbocycles.